The van der Waals surface area contributed by atoms with Crippen LogP contribution in [-0.2, 0) is 28.2 Å². The Kier molecular flexibility index (Phi) is 8.19. The normalized spacial score (nSPS) is 19.0. The van der Waals surface area contributed by atoms with E-state index in [0.717, 1.165) is 17.0 Å². The lowest BCUT2D eigenvalue weighted by atomic mass is 9.82. The van der Waals surface area contributed by atoms with Crippen molar-refractivity contribution >= 4 is 34.6 Å². The molecule has 0 spiro atoms. The number of aliphatic hydroxyl groups excluding tert-OH is 1. The Morgan fingerprint density at radius 2 is 1.73 bits per heavy atom. The Labute approximate surface area is 255 Å². The monoisotopic (exact) mass is 590 g/mol. The number of aliphatic hydroxyl groups is 2. The van der Waals surface area contributed by atoms with Crippen LogP contribution in [0.4, 0.5) is 17.1 Å². The predicted octanol–water partition coefficient (Wildman–Crippen LogP) is 4.49. The molecule has 0 saturated carbocycles. The molecule has 2 atom stereocenters. The number of amides is 2. The number of aromatic nitrogens is 3. The molecule has 0 fully saturated rings. The van der Waals surface area contributed by atoms with Gasteiger partial charge in [0.2, 0.25) is 5.91 Å². The van der Waals surface area contributed by atoms with E-state index in [4.69, 9.17) is 10.2 Å². The predicted molar refractivity (Wildman–Crippen MR) is 167 cm³/mol. The molecule has 3 aromatic carbocycles. The van der Waals surface area contributed by atoms with Gasteiger partial charge in [-0.3, -0.25) is 19.2 Å². The van der Waals surface area contributed by atoms with Gasteiger partial charge in [0.05, 0.1) is 22.8 Å². The Morgan fingerprint density at radius 1 is 0.977 bits per heavy atom. The number of fused-ring (bicyclic) bond motifs is 1. The van der Waals surface area contributed by atoms with Gasteiger partial charge < -0.3 is 10.2 Å². The molecule has 2 aliphatic heterocycles. The molecule has 4 aromatic rings. The summed E-state index contributed by atoms with van der Waals surface area (Å²) >= 11 is 0. The average Bonchev–Trinajstić information content (AvgIpc) is 3.60. The number of carbonyl (C=O) groups is 2. The summed E-state index contributed by atoms with van der Waals surface area (Å²) in [6.45, 7) is 2.38. The summed E-state index contributed by atoms with van der Waals surface area (Å²) < 4.78 is 1.70. The first-order valence-corrected chi connectivity index (χ1v) is 14.8. The quantitative estimate of drug-likeness (QED) is 0.262. The van der Waals surface area contributed by atoms with Gasteiger partial charge in [0.25, 0.3) is 5.91 Å². The van der Waals surface area contributed by atoms with Crippen LogP contribution in [0.2, 0.25) is 0 Å². The zero-order valence-electron chi connectivity index (χ0n) is 24.5. The molecular formula is C34H34N6O4. The van der Waals surface area contributed by atoms with Crippen LogP contribution < -0.4 is 9.91 Å². The molecule has 3 heterocycles. The third-order valence-electron chi connectivity index (χ3n) is 8.12. The van der Waals surface area contributed by atoms with Crippen molar-refractivity contribution in [3.05, 3.63) is 114 Å². The smallest absolute Gasteiger partial charge is 0.268 e. The number of benzene rings is 3. The van der Waals surface area contributed by atoms with E-state index in [1.807, 2.05) is 79.7 Å². The first-order valence-electron chi connectivity index (χ1n) is 14.8. The molecule has 10 nitrogen and oxygen atoms in total. The third kappa shape index (κ3) is 5.45. The van der Waals surface area contributed by atoms with Crippen molar-refractivity contribution < 1.29 is 19.8 Å². The zero-order chi connectivity index (χ0) is 30.7. The summed E-state index contributed by atoms with van der Waals surface area (Å²) in [5.41, 5.74) is 2.69. The average molecular weight is 591 g/mol. The van der Waals surface area contributed by atoms with Crippen LogP contribution in [-0.4, -0.2) is 49.3 Å². The van der Waals surface area contributed by atoms with E-state index in [2.05, 4.69) is 10.3 Å². The fraction of sp³-hybridized carbons (Fsp3) is 0.265. The van der Waals surface area contributed by atoms with Gasteiger partial charge in [0.1, 0.15) is 0 Å². The van der Waals surface area contributed by atoms with E-state index in [9.17, 15) is 14.7 Å². The van der Waals surface area contributed by atoms with Crippen molar-refractivity contribution in [2.75, 3.05) is 16.5 Å². The Morgan fingerprint density at radius 3 is 2.48 bits per heavy atom. The van der Waals surface area contributed by atoms with Crippen molar-refractivity contribution in [3.8, 4) is 0 Å². The van der Waals surface area contributed by atoms with Crippen LogP contribution in [0.3, 0.4) is 0 Å². The standard InChI is InChI=1S/C34H34N6O4/c1-24(10-8-9-20-38-23-26(19-21-41)35-37-38)34(44)29-22-28(15-17-31(29)39(33(34)43)27-13-6-3-7-14-27)40-32(42)18-16-30(36-40)25-11-4-2-5-12-25/h2-8,10-15,17,22-24,41,44H,9,16,18-21H2,1H3/b10-8+/t24-,34+/m0/s1. The molecule has 2 aliphatic rings. The van der Waals surface area contributed by atoms with E-state index < -0.39 is 17.4 Å². The summed E-state index contributed by atoms with van der Waals surface area (Å²) in [5, 5.41) is 35.6. The lowest BCUT2D eigenvalue weighted by Crippen LogP contribution is -2.42. The maximum absolute atomic E-state index is 14.1. The van der Waals surface area contributed by atoms with Gasteiger partial charge in [-0.25, -0.2) is 5.01 Å². The Hall–Kier alpha value is -4.93. The molecule has 0 aliphatic carbocycles. The second-order valence-corrected chi connectivity index (χ2v) is 11.0. The number of hydrazone groups is 1. The number of rotatable bonds is 10. The van der Waals surface area contributed by atoms with Gasteiger partial charge in [-0.15, -0.1) is 5.10 Å². The number of nitrogens with zero attached hydrogens (tertiary/aromatic N) is 6. The molecule has 0 unspecified atom stereocenters. The van der Waals surface area contributed by atoms with E-state index in [1.165, 1.54) is 9.91 Å². The van der Waals surface area contributed by atoms with Gasteiger partial charge in [-0.2, -0.15) is 5.10 Å². The van der Waals surface area contributed by atoms with Crippen molar-refractivity contribution in [1.82, 2.24) is 15.0 Å². The van der Waals surface area contributed by atoms with E-state index >= 15 is 0 Å². The molecule has 44 heavy (non-hydrogen) atoms. The molecule has 6 rings (SSSR count). The van der Waals surface area contributed by atoms with Crippen LogP contribution in [0.1, 0.15) is 43.0 Å². The van der Waals surface area contributed by atoms with Gasteiger partial charge in [0.15, 0.2) is 5.60 Å². The number of hydrogen-bond donors (Lipinski definition) is 2. The van der Waals surface area contributed by atoms with Gasteiger partial charge >= 0.3 is 0 Å². The number of carbonyl (C=O) groups excluding carboxylic acids is 2. The van der Waals surface area contributed by atoms with E-state index in [0.29, 0.717) is 54.9 Å². The zero-order valence-corrected chi connectivity index (χ0v) is 24.5. The molecule has 2 amide bonds. The Balaban J connectivity index is 1.33. The summed E-state index contributed by atoms with van der Waals surface area (Å²) in [4.78, 5) is 28.8. The fourth-order valence-electron chi connectivity index (χ4n) is 5.74. The van der Waals surface area contributed by atoms with Crippen LogP contribution in [0.5, 0.6) is 0 Å². The number of aryl methyl sites for hydroxylation is 1. The Bertz CT molecular complexity index is 1720. The number of hydrogen-bond acceptors (Lipinski definition) is 7. The third-order valence-corrected chi connectivity index (χ3v) is 8.12. The fourth-order valence-corrected chi connectivity index (χ4v) is 5.74. The molecule has 1 aromatic heterocycles. The van der Waals surface area contributed by atoms with Crippen molar-refractivity contribution in [2.24, 2.45) is 11.0 Å². The van der Waals surface area contributed by atoms with E-state index in [-0.39, 0.29) is 12.5 Å². The minimum absolute atomic E-state index is 0.0123. The van der Waals surface area contributed by atoms with E-state index in [1.54, 1.807) is 29.1 Å². The number of para-hydroxylation sites is 1. The molecule has 10 heteroatoms. The molecule has 0 saturated heterocycles. The van der Waals surface area contributed by atoms with Crippen LogP contribution in [0, 0.1) is 5.92 Å². The lowest BCUT2D eigenvalue weighted by Gasteiger charge is -2.28. The van der Waals surface area contributed by atoms with Gasteiger partial charge in [-0.05, 0) is 42.3 Å². The number of allylic oxidation sites excluding steroid dienone is 1. The SMILES string of the molecule is C[C@@H](/C=C/CCn1cc(CCO)nn1)[C@]1(O)C(=O)N(c2ccccc2)c2ccc(N3N=C(c4ccccc4)CCC3=O)cc21. The first kappa shape index (κ1) is 29.2. The highest BCUT2D eigenvalue weighted by Gasteiger charge is 2.53. The highest BCUT2D eigenvalue weighted by molar-refractivity contribution is 6.13. The van der Waals surface area contributed by atoms with Crippen molar-refractivity contribution in [2.45, 2.75) is 44.8 Å². The summed E-state index contributed by atoms with van der Waals surface area (Å²) in [7, 11) is 0. The van der Waals surface area contributed by atoms with Crippen LogP contribution in [0.15, 0.2) is 102 Å². The number of anilines is 3. The minimum atomic E-state index is -1.88. The molecule has 0 radical (unpaired) electrons. The highest BCUT2D eigenvalue weighted by Crippen LogP contribution is 2.49. The second kappa shape index (κ2) is 12.4. The first-order chi connectivity index (χ1) is 21.4. The van der Waals surface area contributed by atoms with Gasteiger partial charge in [-0.1, -0.05) is 72.8 Å². The van der Waals surface area contributed by atoms with Gasteiger partial charge in [0, 0.05) is 55.8 Å². The minimum Gasteiger partial charge on any atom is -0.396 e. The summed E-state index contributed by atoms with van der Waals surface area (Å²) in [6, 6.07) is 24.2. The highest BCUT2D eigenvalue weighted by atomic mass is 16.3. The second-order valence-electron chi connectivity index (χ2n) is 11.0. The topological polar surface area (TPSA) is 124 Å². The molecular weight excluding hydrogens is 556 g/mol. The summed E-state index contributed by atoms with van der Waals surface area (Å²) in [5.74, 6) is -1.21. The molecule has 0 bridgehead atoms. The maximum atomic E-state index is 14.1. The molecule has 2 N–H and O–H groups in total. The molecule has 224 valence electrons. The maximum Gasteiger partial charge on any atom is 0.268 e. The summed E-state index contributed by atoms with van der Waals surface area (Å²) in [6.07, 6.45) is 7.44. The van der Waals surface area contributed by atoms with Crippen molar-refractivity contribution in [1.29, 1.82) is 0 Å². The van der Waals surface area contributed by atoms with Crippen LogP contribution in [0.25, 0.3) is 0 Å². The van der Waals surface area contributed by atoms with Crippen molar-refractivity contribution in [3.63, 3.8) is 0 Å². The van der Waals surface area contributed by atoms with Crippen LogP contribution >= 0.6 is 0 Å². The lowest BCUT2D eigenvalue weighted by molar-refractivity contribution is -0.138. The largest absolute Gasteiger partial charge is 0.396 e.